The summed E-state index contributed by atoms with van der Waals surface area (Å²) in [6.07, 6.45) is 2.70. The van der Waals surface area contributed by atoms with Crippen LogP contribution in [0.1, 0.15) is 12.0 Å². The second-order valence-corrected chi connectivity index (χ2v) is 4.30. The number of rotatable bonds is 6. The molecule has 0 bridgehead atoms. The number of hydrogen-bond acceptors (Lipinski definition) is 3. The Morgan fingerprint density at radius 1 is 1.47 bits per heavy atom. The van der Waals surface area contributed by atoms with E-state index in [0.29, 0.717) is 19.4 Å². The maximum absolute atomic E-state index is 11.8. The normalized spacial score (nSPS) is 10.6. The molecule has 0 fully saturated rings. The summed E-state index contributed by atoms with van der Waals surface area (Å²) in [4.78, 5) is 14.9. The highest BCUT2D eigenvalue weighted by Gasteiger charge is 2.12. The number of benzene rings is 1. The van der Waals surface area contributed by atoms with Crippen molar-refractivity contribution >= 4 is 16.8 Å². The van der Waals surface area contributed by atoms with E-state index in [-0.39, 0.29) is 12.5 Å². The van der Waals surface area contributed by atoms with Crippen molar-refractivity contribution in [2.24, 2.45) is 0 Å². The highest BCUT2D eigenvalue weighted by molar-refractivity contribution is 5.93. The van der Waals surface area contributed by atoms with E-state index in [0.717, 1.165) is 22.2 Å². The van der Waals surface area contributed by atoms with Crippen LogP contribution in [-0.2, 0) is 11.2 Å². The lowest BCUT2D eigenvalue weighted by molar-refractivity contribution is -0.120. The third kappa shape index (κ3) is 3.06. The van der Waals surface area contributed by atoms with E-state index >= 15 is 0 Å². The van der Waals surface area contributed by atoms with Crippen LogP contribution >= 0.6 is 0 Å². The van der Waals surface area contributed by atoms with Gasteiger partial charge in [0.05, 0.1) is 13.5 Å². The van der Waals surface area contributed by atoms with Crippen LogP contribution in [0, 0.1) is 0 Å². The number of aliphatic hydroxyl groups is 1. The van der Waals surface area contributed by atoms with E-state index in [2.05, 4.69) is 10.3 Å². The molecule has 0 atom stereocenters. The molecule has 0 aliphatic heterocycles. The summed E-state index contributed by atoms with van der Waals surface area (Å²) in [6.45, 7) is 0.579. The molecule has 19 heavy (non-hydrogen) atoms. The minimum Gasteiger partial charge on any atom is -0.496 e. The number of H-pyrrole nitrogens is 1. The second kappa shape index (κ2) is 6.24. The van der Waals surface area contributed by atoms with Crippen LogP contribution in [-0.4, -0.2) is 36.3 Å². The van der Waals surface area contributed by atoms with E-state index in [4.69, 9.17) is 9.84 Å². The minimum absolute atomic E-state index is 0.0553. The van der Waals surface area contributed by atoms with Gasteiger partial charge in [-0.15, -0.1) is 0 Å². The van der Waals surface area contributed by atoms with Gasteiger partial charge in [-0.1, -0.05) is 6.07 Å². The zero-order valence-corrected chi connectivity index (χ0v) is 10.9. The summed E-state index contributed by atoms with van der Waals surface area (Å²) in [7, 11) is 1.62. The van der Waals surface area contributed by atoms with Crippen molar-refractivity contribution in [2.75, 3.05) is 20.3 Å². The van der Waals surface area contributed by atoms with E-state index in [9.17, 15) is 4.79 Å². The zero-order valence-electron chi connectivity index (χ0n) is 10.9. The van der Waals surface area contributed by atoms with Crippen molar-refractivity contribution in [3.05, 3.63) is 30.0 Å². The fourth-order valence-corrected chi connectivity index (χ4v) is 2.07. The van der Waals surface area contributed by atoms with Gasteiger partial charge >= 0.3 is 0 Å². The summed E-state index contributed by atoms with van der Waals surface area (Å²) >= 11 is 0. The Hall–Kier alpha value is -2.01. The Morgan fingerprint density at radius 3 is 3.05 bits per heavy atom. The number of nitrogens with one attached hydrogen (secondary N) is 2. The molecule has 1 aromatic carbocycles. The molecule has 0 spiro atoms. The van der Waals surface area contributed by atoms with Crippen LogP contribution in [0.5, 0.6) is 5.75 Å². The third-order valence-electron chi connectivity index (χ3n) is 2.98. The molecule has 1 heterocycles. The number of amides is 1. The molecule has 5 nitrogen and oxygen atoms in total. The zero-order chi connectivity index (χ0) is 13.7. The first-order chi connectivity index (χ1) is 9.26. The van der Waals surface area contributed by atoms with E-state index in [1.54, 1.807) is 7.11 Å². The van der Waals surface area contributed by atoms with Crippen LogP contribution in [0.2, 0.25) is 0 Å². The van der Waals surface area contributed by atoms with Crippen molar-refractivity contribution in [3.8, 4) is 5.75 Å². The Labute approximate surface area is 111 Å². The predicted molar refractivity (Wildman–Crippen MR) is 73.3 cm³/mol. The van der Waals surface area contributed by atoms with Crippen LogP contribution in [0.3, 0.4) is 0 Å². The number of hydrogen-bond donors (Lipinski definition) is 3. The van der Waals surface area contributed by atoms with Crippen LogP contribution in [0.25, 0.3) is 10.9 Å². The average molecular weight is 262 g/mol. The largest absolute Gasteiger partial charge is 0.496 e. The highest BCUT2D eigenvalue weighted by Crippen LogP contribution is 2.28. The molecular formula is C14H18N2O3. The molecule has 1 aromatic heterocycles. The number of aromatic amines is 1. The molecule has 2 aromatic rings. The molecule has 0 aliphatic rings. The van der Waals surface area contributed by atoms with Gasteiger partial charge in [-0.05, 0) is 24.1 Å². The number of carbonyl (C=O) groups is 1. The van der Waals surface area contributed by atoms with Crippen molar-refractivity contribution in [1.29, 1.82) is 0 Å². The molecule has 0 aliphatic carbocycles. The number of methoxy groups -OCH3 is 1. The number of aromatic nitrogens is 1. The Bertz CT molecular complexity index is 563. The standard InChI is InChI=1S/C14H18N2O3/c1-19-12-5-2-4-11-14(12)10(9-16-11)8-13(18)15-6-3-7-17/h2,4-5,9,16-17H,3,6-8H2,1H3,(H,15,18). The molecule has 0 radical (unpaired) electrons. The Morgan fingerprint density at radius 2 is 2.32 bits per heavy atom. The summed E-state index contributed by atoms with van der Waals surface area (Å²) in [5.74, 6) is 0.706. The van der Waals surface area contributed by atoms with Crippen LogP contribution < -0.4 is 10.1 Å². The topological polar surface area (TPSA) is 74.4 Å². The number of fused-ring (bicyclic) bond motifs is 1. The molecular weight excluding hydrogens is 244 g/mol. The van der Waals surface area contributed by atoms with E-state index in [1.165, 1.54) is 0 Å². The first-order valence-corrected chi connectivity index (χ1v) is 6.26. The van der Waals surface area contributed by atoms with Crippen LogP contribution in [0.15, 0.2) is 24.4 Å². The molecule has 2 rings (SSSR count). The van der Waals surface area contributed by atoms with Gasteiger partial charge < -0.3 is 20.1 Å². The molecule has 3 N–H and O–H groups in total. The monoisotopic (exact) mass is 262 g/mol. The molecule has 1 amide bonds. The smallest absolute Gasteiger partial charge is 0.224 e. The van der Waals surface area contributed by atoms with Gasteiger partial charge in [0.25, 0.3) is 0 Å². The van der Waals surface area contributed by atoms with Gasteiger partial charge in [0.1, 0.15) is 5.75 Å². The first-order valence-electron chi connectivity index (χ1n) is 6.26. The summed E-state index contributed by atoms with van der Waals surface area (Å²) in [5.41, 5.74) is 1.87. The molecule has 0 unspecified atom stereocenters. The summed E-state index contributed by atoms with van der Waals surface area (Å²) in [5, 5.41) is 12.4. The first kappa shape index (κ1) is 13.4. The fourth-order valence-electron chi connectivity index (χ4n) is 2.07. The van der Waals surface area contributed by atoms with Gasteiger partial charge in [0.15, 0.2) is 0 Å². The molecule has 102 valence electrons. The van der Waals surface area contributed by atoms with Gasteiger partial charge in [0.2, 0.25) is 5.91 Å². The second-order valence-electron chi connectivity index (χ2n) is 4.30. The van der Waals surface area contributed by atoms with Crippen molar-refractivity contribution < 1.29 is 14.6 Å². The van der Waals surface area contributed by atoms with Crippen LogP contribution in [0.4, 0.5) is 0 Å². The predicted octanol–water partition coefficient (Wildman–Crippen LogP) is 1.22. The molecule has 5 heteroatoms. The van der Waals surface area contributed by atoms with E-state index < -0.39 is 0 Å². The lowest BCUT2D eigenvalue weighted by Gasteiger charge is -2.06. The summed E-state index contributed by atoms with van der Waals surface area (Å²) in [6, 6.07) is 5.73. The lowest BCUT2D eigenvalue weighted by Crippen LogP contribution is -2.26. The van der Waals surface area contributed by atoms with Gasteiger partial charge in [0, 0.05) is 30.3 Å². The SMILES string of the molecule is COc1cccc2[nH]cc(CC(=O)NCCCO)c12. The lowest BCUT2D eigenvalue weighted by atomic mass is 10.1. The Balaban J connectivity index is 2.14. The maximum atomic E-state index is 11.8. The number of ether oxygens (including phenoxy) is 1. The molecule has 0 saturated heterocycles. The van der Waals surface area contributed by atoms with Gasteiger partial charge in [-0.3, -0.25) is 4.79 Å². The average Bonchev–Trinajstić information content (AvgIpc) is 2.82. The van der Waals surface area contributed by atoms with Crippen molar-refractivity contribution in [3.63, 3.8) is 0 Å². The Kier molecular flexibility index (Phi) is 4.41. The third-order valence-corrected chi connectivity index (χ3v) is 2.98. The molecule has 0 saturated carbocycles. The number of carbonyl (C=O) groups excluding carboxylic acids is 1. The van der Waals surface area contributed by atoms with Crippen molar-refractivity contribution in [2.45, 2.75) is 12.8 Å². The van der Waals surface area contributed by atoms with Gasteiger partial charge in [-0.25, -0.2) is 0 Å². The summed E-state index contributed by atoms with van der Waals surface area (Å²) < 4.78 is 5.32. The minimum atomic E-state index is -0.0553. The van der Waals surface area contributed by atoms with Crippen molar-refractivity contribution in [1.82, 2.24) is 10.3 Å². The number of aliphatic hydroxyl groups excluding tert-OH is 1. The highest BCUT2D eigenvalue weighted by atomic mass is 16.5. The van der Waals surface area contributed by atoms with Gasteiger partial charge in [-0.2, -0.15) is 0 Å². The fraction of sp³-hybridized carbons (Fsp3) is 0.357. The maximum Gasteiger partial charge on any atom is 0.224 e. The quantitative estimate of drug-likeness (QED) is 0.685. The van der Waals surface area contributed by atoms with E-state index in [1.807, 2.05) is 24.4 Å².